The molecule has 404 valence electrons. The summed E-state index contributed by atoms with van der Waals surface area (Å²) in [5, 5.41) is 0. The van der Waals surface area contributed by atoms with Crippen molar-refractivity contribution in [2.24, 2.45) is 0 Å². The van der Waals surface area contributed by atoms with Crippen LogP contribution in [-0.4, -0.2) is 145 Å². The van der Waals surface area contributed by atoms with Gasteiger partial charge in [-0.25, -0.2) is 0 Å². The number of ether oxygens (including phenoxy) is 12. The van der Waals surface area contributed by atoms with Gasteiger partial charge in [0.15, 0.2) is 46.0 Å². The highest BCUT2D eigenvalue weighted by atomic mass is 16.6. The van der Waals surface area contributed by atoms with E-state index in [1.165, 1.54) is 22.3 Å². The third-order valence-electron chi connectivity index (χ3n) is 15.0. The lowest BCUT2D eigenvalue weighted by Gasteiger charge is -2.46. The van der Waals surface area contributed by atoms with E-state index >= 15 is 0 Å². The summed E-state index contributed by atoms with van der Waals surface area (Å²) in [6.45, 7) is 4.02. The van der Waals surface area contributed by atoms with Gasteiger partial charge in [-0.15, -0.1) is 0 Å². The minimum Gasteiger partial charge on any atom is -0.493 e. The molecular formula is C58H80N2O14+2. The quantitative estimate of drug-likeness (QED) is 0.0231. The van der Waals surface area contributed by atoms with Gasteiger partial charge in [-0.05, 0) is 83.6 Å². The Morgan fingerprint density at radius 1 is 0.459 bits per heavy atom. The summed E-state index contributed by atoms with van der Waals surface area (Å²) in [6, 6.07) is 16.5. The second-order valence-corrected chi connectivity index (χ2v) is 19.4. The maximum Gasteiger partial charge on any atom is 0.306 e. The number of hydrogen-bond donors (Lipinski definition) is 0. The highest BCUT2D eigenvalue weighted by Crippen LogP contribution is 2.47. The Bertz CT molecular complexity index is 2340. The molecule has 6 rings (SSSR count). The molecule has 0 saturated carbocycles. The van der Waals surface area contributed by atoms with E-state index in [9.17, 15) is 9.59 Å². The molecule has 0 aromatic heterocycles. The Morgan fingerprint density at radius 3 is 1.09 bits per heavy atom. The SMILES string of the molecule is COc1cc2c(cc1OC)[C@@H](Cc1cc(OC)c(OC)c(OC)c1)[N@@+](C)(CCCOC(=O)CC/C=C/CCC(=O)OCCC[N@@+]1(C)CCc3cc(OC)c(OC)cc3[C@H]1Cc1cc(OC)c(OC)c(OC)c1)CC2. The molecule has 0 spiro atoms. The first-order valence-electron chi connectivity index (χ1n) is 25.5. The molecule has 0 N–H and O–H groups in total. The van der Waals surface area contributed by atoms with Crippen molar-refractivity contribution in [1.29, 1.82) is 0 Å². The molecule has 4 atom stereocenters. The van der Waals surface area contributed by atoms with Crippen LogP contribution in [0.2, 0.25) is 0 Å². The lowest BCUT2D eigenvalue weighted by atomic mass is 9.86. The van der Waals surface area contributed by atoms with E-state index in [1.807, 2.05) is 36.4 Å². The highest BCUT2D eigenvalue weighted by molar-refractivity contribution is 5.70. The van der Waals surface area contributed by atoms with Crippen molar-refractivity contribution >= 4 is 11.9 Å². The Labute approximate surface area is 438 Å². The van der Waals surface area contributed by atoms with Crippen molar-refractivity contribution in [3.05, 3.63) is 94.1 Å². The van der Waals surface area contributed by atoms with Crippen LogP contribution in [0.3, 0.4) is 0 Å². The summed E-state index contributed by atoms with van der Waals surface area (Å²) in [5.74, 6) is 5.81. The van der Waals surface area contributed by atoms with E-state index in [1.54, 1.807) is 71.1 Å². The first-order chi connectivity index (χ1) is 35.7. The molecule has 74 heavy (non-hydrogen) atoms. The first-order valence-corrected chi connectivity index (χ1v) is 25.5. The smallest absolute Gasteiger partial charge is 0.306 e. The number of hydrogen-bond acceptors (Lipinski definition) is 14. The van der Waals surface area contributed by atoms with Gasteiger partial charge in [0.05, 0.1) is 125 Å². The lowest BCUT2D eigenvalue weighted by molar-refractivity contribution is -0.941. The standard InChI is InChI=1S/C58H80N2O14/c1-59(25-21-41-35-47(63-3)49(65-5)37-43(41)45(59)29-39-31-51(67-7)57(71-11)52(32-39)68-8)23-17-27-73-55(61)19-15-13-14-16-20-56(62)74-28-18-24-60(2)26-22-42-36-48(64-4)50(66-6)38-44(42)46(60)30-40-33-53(69-9)58(72-12)54(34-40)70-10/h13-14,31-38,45-46H,15-30H2,1-12H3/q+2/b14-13+/t45-,46-,59+,60+/m1/s1. The molecule has 0 fully saturated rings. The number of carbonyl (C=O) groups excluding carboxylic acids is 2. The minimum absolute atomic E-state index is 0.0551. The van der Waals surface area contributed by atoms with Crippen molar-refractivity contribution < 1.29 is 75.4 Å². The van der Waals surface area contributed by atoms with Crippen LogP contribution in [0.15, 0.2) is 60.7 Å². The maximum atomic E-state index is 12.9. The summed E-state index contributed by atoms with van der Waals surface area (Å²) in [5.41, 5.74) is 6.93. The van der Waals surface area contributed by atoms with Crippen LogP contribution in [-0.2, 0) is 44.7 Å². The zero-order valence-electron chi connectivity index (χ0n) is 45.9. The predicted octanol–water partition coefficient (Wildman–Crippen LogP) is 9.03. The Kier molecular flexibility index (Phi) is 20.4. The molecule has 0 unspecified atom stereocenters. The fourth-order valence-electron chi connectivity index (χ4n) is 10.8. The summed E-state index contributed by atoms with van der Waals surface area (Å²) >= 11 is 0. The monoisotopic (exact) mass is 1030 g/mol. The number of benzene rings is 4. The van der Waals surface area contributed by atoms with E-state index < -0.39 is 0 Å². The number of nitrogens with zero attached hydrogens (tertiary/aromatic N) is 2. The number of rotatable bonds is 28. The number of allylic oxidation sites excluding steroid dienone is 2. The third-order valence-corrected chi connectivity index (χ3v) is 15.0. The normalized spacial score (nSPS) is 18.9. The van der Waals surface area contributed by atoms with Crippen LogP contribution in [0.1, 0.15) is 84.0 Å². The molecule has 2 aliphatic rings. The fraction of sp³-hybridized carbons (Fsp3) is 0.517. The predicted molar refractivity (Wildman–Crippen MR) is 282 cm³/mol. The second-order valence-electron chi connectivity index (χ2n) is 19.4. The molecule has 2 aliphatic heterocycles. The van der Waals surface area contributed by atoms with Crippen molar-refractivity contribution in [1.82, 2.24) is 0 Å². The van der Waals surface area contributed by atoms with Crippen LogP contribution in [0, 0.1) is 0 Å². The molecule has 0 aliphatic carbocycles. The molecule has 0 amide bonds. The molecule has 4 aromatic carbocycles. The molecule has 16 nitrogen and oxygen atoms in total. The fourth-order valence-corrected chi connectivity index (χ4v) is 10.8. The molecule has 2 heterocycles. The van der Waals surface area contributed by atoms with Crippen molar-refractivity contribution in [3.8, 4) is 57.5 Å². The molecular weight excluding hydrogens is 949 g/mol. The zero-order chi connectivity index (χ0) is 53.4. The third kappa shape index (κ3) is 13.4. The van der Waals surface area contributed by atoms with Gasteiger partial charge in [0.2, 0.25) is 11.5 Å². The average Bonchev–Trinajstić information content (AvgIpc) is 3.42. The van der Waals surface area contributed by atoms with Crippen molar-refractivity contribution in [2.75, 3.05) is 125 Å². The van der Waals surface area contributed by atoms with Crippen LogP contribution < -0.4 is 47.4 Å². The number of esters is 2. The Hall–Kier alpha value is -6.52. The molecule has 0 bridgehead atoms. The van der Waals surface area contributed by atoms with Gasteiger partial charge >= 0.3 is 11.9 Å². The van der Waals surface area contributed by atoms with Gasteiger partial charge in [0.25, 0.3) is 0 Å². The van der Waals surface area contributed by atoms with Crippen molar-refractivity contribution in [2.45, 2.75) is 76.3 Å². The summed E-state index contributed by atoms with van der Waals surface area (Å²) < 4.78 is 69.8. The second kappa shape index (κ2) is 26.6. The molecule has 16 heteroatoms. The topological polar surface area (TPSA) is 145 Å². The van der Waals surface area contributed by atoms with Gasteiger partial charge in [0, 0.05) is 62.5 Å². The largest absolute Gasteiger partial charge is 0.493 e. The lowest BCUT2D eigenvalue weighted by Crippen LogP contribution is -2.52. The number of likely N-dealkylation sites (N-methyl/N-ethyl adjacent to an activating group) is 2. The van der Waals surface area contributed by atoms with Gasteiger partial charge in [-0.2, -0.15) is 0 Å². The molecule has 0 saturated heterocycles. The summed E-state index contributed by atoms with van der Waals surface area (Å²) in [6.07, 6.45) is 9.94. The molecule has 0 radical (unpaired) electrons. The summed E-state index contributed by atoms with van der Waals surface area (Å²) in [4.78, 5) is 25.7. The van der Waals surface area contributed by atoms with Gasteiger partial charge in [-0.1, -0.05) is 12.2 Å². The van der Waals surface area contributed by atoms with Crippen LogP contribution in [0.25, 0.3) is 0 Å². The van der Waals surface area contributed by atoms with Crippen LogP contribution >= 0.6 is 0 Å². The zero-order valence-corrected chi connectivity index (χ0v) is 45.9. The number of methoxy groups -OCH3 is 10. The average molecular weight is 1030 g/mol. The number of quaternary nitrogens is 2. The van der Waals surface area contributed by atoms with E-state index in [4.69, 9.17) is 56.8 Å². The van der Waals surface area contributed by atoms with E-state index in [0.717, 1.165) is 59.1 Å². The van der Waals surface area contributed by atoms with Gasteiger partial charge in [0.1, 0.15) is 12.1 Å². The highest BCUT2D eigenvalue weighted by Gasteiger charge is 2.42. The van der Waals surface area contributed by atoms with E-state index in [-0.39, 0.29) is 36.9 Å². The maximum absolute atomic E-state index is 12.9. The van der Waals surface area contributed by atoms with Crippen LogP contribution in [0.4, 0.5) is 0 Å². The first kappa shape index (κ1) is 56.8. The summed E-state index contributed by atoms with van der Waals surface area (Å²) in [7, 11) is 20.9. The van der Waals surface area contributed by atoms with E-state index in [0.29, 0.717) is 109 Å². The van der Waals surface area contributed by atoms with Gasteiger partial charge in [-0.3, -0.25) is 9.59 Å². The van der Waals surface area contributed by atoms with Crippen LogP contribution in [0.5, 0.6) is 57.5 Å². The number of fused-ring (bicyclic) bond motifs is 2. The molecule has 4 aromatic rings. The van der Waals surface area contributed by atoms with Gasteiger partial charge < -0.3 is 65.8 Å². The Morgan fingerprint density at radius 2 is 0.784 bits per heavy atom. The minimum atomic E-state index is -0.246. The van der Waals surface area contributed by atoms with Crippen molar-refractivity contribution in [3.63, 3.8) is 0 Å². The number of carbonyl (C=O) groups is 2. The van der Waals surface area contributed by atoms with E-state index in [2.05, 4.69) is 38.4 Å². The Balaban J connectivity index is 0.967.